The quantitative estimate of drug-likeness (QED) is 0.470. The van der Waals surface area contributed by atoms with Crippen LogP contribution in [0.5, 0.6) is 5.88 Å². The van der Waals surface area contributed by atoms with E-state index in [2.05, 4.69) is 10.5 Å². The minimum Gasteiger partial charge on any atom is -0.494 e. The van der Waals surface area contributed by atoms with Gasteiger partial charge < -0.3 is 5.11 Å². The summed E-state index contributed by atoms with van der Waals surface area (Å²) in [5.41, 5.74) is 2.35. The molecular weight excluding hydrogens is 340 g/mol. The second-order valence-electron chi connectivity index (χ2n) is 5.45. The minimum absolute atomic E-state index is 0.0595. The monoisotopic (exact) mass is 360 g/mol. The number of benzene rings is 1. The number of hydrazone groups is 1. The zero-order valence-electron chi connectivity index (χ0n) is 14.1. The first-order valence-electron chi connectivity index (χ1n) is 7.89. The van der Waals surface area contributed by atoms with Gasteiger partial charge in [0.05, 0.1) is 11.9 Å². The molecule has 1 amide bonds. The van der Waals surface area contributed by atoms with Gasteiger partial charge in [0.2, 0.25) is 11.8 Å². The molecule has 25 heavy (non-hydrogen) atoms. The second kappa shape index (κ2) is 8.39. The van der Waals surface area contributed by atoms with Crippen LogP contribution < -0.4 is 11.0 Å². The van der Waals surface area contributed by atoms with E-state index in [4.69, 9.17) is 12.2 Å². The number of amides is 1. The van der Waals surface area contributed by atoms with Gasteiger partial charge in [-0.05, 0) is 30.8 Å². The largest absolute Gasteiger partial charge is 0.494 e. The van der Waals surface area contributed by atoms with Crippen molar-refractivity contribution in [3.8, 4) is 11.6 Å². The number of nitrogens with zero attached hydrogens (tertiary/aromatic N) is 3. The molecule has 0 saturated carbocycles. The summed E-state index contributed by atoms with van der Waals surface area (Å²) in [6.07, 6.45) is 3.14. The molecule has 0 saturated heterocycles. The number of para-hydroxylation sites is 1. The number of unbranched alkanes of at least 4 members (excludes halogenated alkanes) is 1. The van der Waals surface area contributed by atoms with E-state index < -0.39 is 5.56 Å². The van der Waals surface area contributed by atoms with E-state index in [0.717, 1.165) is 19.1 Å². The lowest BCUT2D eigenvalue weighted by atomic mass is 10.2. The first-order valence-corrected chi connectivity index (χ1v) is 8.30. The van der Waals surface area contributed by atoms with Gasteiger partial charge in [-0.25, -0.2) is 5.43 Å². The SMILES string of the molecule is CCCCC(=O)NN=Cc1c(O)n(C)c(=S)n(-c2ccccc2)c1=O. The number of carbonyl (C=O) groups is 1. The maximum absolute atomic E-state index is 12.7. The fourth-order valence-electron chi connectivity index (χ4n) is 2.20. The molecule has 8 heteroatoms. The van der Waals surface area contributed by atoms with Crippen molar-refractivity contribution < 1.29 is 9.90 Å². The van der Waals surface area contributed by atoms with Crippen molar-refractivity contribution in [2.24, 2.45) is 12.1 Å². The molecule has 7 nitrogen and oxygen atoms in total. The van der Waals surface area contributed by atoms with Crippen LogP contribution in [-0.4, -0.2) is 26.4 Å². The molecule has 0 unspecified atom stereocenters. The molecule has 0 spiro atoms. The number of aromatic nitrogens is 2. The topological polar surface area (TPSA) is 88.6 Å². The Hall–Kier alpha value is -2.74. The van der Waals surface area contributed by atoms with Crippen LogP contribution in [0.2, 0.25) is 0 Å². The third-order valence-corrected chi connectivity index (χ3v) is 4.08. The highest BCUT2D eigenvalue weighted by Gasteiger charge is 2.14. The van der Waals surface area contributed by atoms with Gasteiger partial charge in [0.25, 0.3) is 5.56 Å². The first kappa shape index (κ1) is 18.6. The Morgan fingerprint density at radius 1 is 1.36 bits per heavy atom. The highest BCUT2D eigenvalue weighted by atomic mass is 32.1. The van der Waals surface area contributed by atoms with Crippen LogP contribution in [0.1, 0.15) is 31.7 Å². The van der Waals surface area contributed by atoms with Crippen molar-refractivity contribution in [3.63, 3.8) is 0 Å². The van der Waals surface area contributed by atoms with E-state index in [-0.39, 0.29) is 22.1 Å². The smallest absolute Gasteiger partial charge is 0.271 e. The van der Waals surface area contributed by atoms with Crippen LogP contribution in [0.4, 0.5) is 0 Å². The van der Waals surface area contributed by atoms with Gasteiger partial charge in [-0.3, -0.25) is 18.7 Å². The van der Waals surface area contributed by atoms with E-state index in [0.29, 0.717) is 12.1 Å². The molecule has 1 heterocycles. The molecule has 1 aromatic carbocycles. The van der Waals surface area contributed by atoms with Crippen LogP contribution in [0.3, 0.4) is 0 Å². The number of nitrogens with one attached hydrogen (secondary N) is 1. The number of hydrogen-bond donors (Lipinski definition) is 2. The second-order valence-corrected chi connectivity index (χ2v) is 5.82. The summed E-state index contributed by atoms with van der Waals surface area (Å²) in [5, 5.41) is 14.0. The maximum Gasteiger partial charge on any atom is 0.271 e. The average molecular weight is 360 g/mol. The van der Waals surface area contributed by atoms with E-state index in [1.807, 2.05) is 13.0 Å². The van der Waals surface area contributed by atoms with Crippen LogP contribution in [0.25, 0.3) is 5.69 Å². The van der Waals surface area contributed by atoms with E-state index >= 15 is 0 Å². The number of carbonyl (C=O) groups excluding carboxylic acids is 1. The number of aromatic hydroxyl groups is 1. The Kier molecular flexibility index (Phi) is 6.24. The van der Waals surface area contributed by atoms with Gasteiger partial charge in [0, 0.05) is 13.5 Å². The lowest BCUT2D eigenvalue weighted by Crippen LogP contribution is -2.27. The molecule has 0 aliphatic carbocycles. The Bertz CT molecular complexity index is 901. The van der Waals surface area contributed by atoms with Gasteiger partial charge in [0.15, 0.2) is 4.77 Å². The molecule has 0 radical (unpaired) electrons. The molecule has 2 aromatic rings. The molecule has 0 bridgehead atoms. The Balaban J connectivity index is 2.43. The lowest BCUT2D eigenvalue weighted by molar-refractivity contribution is -0.121. The van der Waals surface area contributed by atoms with Gasteiger partial charge >= 0.3 is 0 Å². The summed E-state index contributed by atoms with van der Waals surface area (Å²) in [6.45, 7) is 1.98. The van der Waals surface area contributed by atoms with E-state index in [9.17, 15) is 14.7 Å². The normalized spacial score (nSPS) is 11.0. The fourth-order valence-corrected chi connectivity index (χ4v) is 2.48. The average Bonchev–Trinajstić information content (AvgIpc) is 2.62. The summed E-state index contributed by atoms with van der Waals surface area (Å²) < 4.78 is 2.76. The van der Waals surface area contributed by atoms with Crippen molar-refractivity contribution in [1.29, 1.82) is 0 Å². The van der Waals surface area contributed by atoms with Crippen LogP contribution in [-0.2, 0) is 11.8 Å². The summed E-state index contributed by atoms with van der Waals surface area (Å²) in [4.78, 5) is 24.3. The number of rotatable bonds is 6. The standard InChI is InChI=1S/C17H20N4O3S/c1-3-4-10-14(22)19-18-11-13-15(23)20(2)17(25)21(16(13)24)12-8-6-5-7-9-12/h5-9,11,23H,3-4,10H2,1-2H3,(H,19,22). The molecule has 2 rings (SSSR count). The van der Waals surface area contributed by atoms with Crippen molar-refractivity contribution >= 4 is 24.3 Å². The molecule has 1 aromatic heterocycles. The molecule has 132 valence electrons. The first-order chi connectivity index (χ1) is 12.0. The summed E-state index contributed by atoms with van der Waals surface area (Å²) in [5.74, 6) is -0.557. The van der Waals surface area contributed by atoms with Crippen molar-refractivity contribution in [2.75, 3.05) is 0 Å². The maximum atomic E-state index is 12.7. The highest BCUT2D eigenvalue weighted by molar-refractivity contribution is 7.71. The van der Waals surface area contributed by atoms with Gasteiger partial charge in [-0.2, -0.15) is 5.10 Å². The zero-order chi connectivity index (χ0) is 18.4. The van der Waals surface area contributed by atoms with Gasteiger partial charge in [-0.1, -0.05) is 31.5 Å². The predicted octanol–water partition coefficient (Wildman–Crippen LogP) is 2.25. The van der Waals surface area contributed by atoms with Crippen molar-refractivity contribution in [1.82, 2.24) is 14.6 Å². The third kappa shape index (κ3) is 4.21. The molecule has 0 fully saturated rings. The highest BCUT2D eigenvalue weighted by Crippen LogP contribution is 2.14. The van der Waals surface area contributed by atoms with Crippen LogP contribution >= 0.6 is 12.2 Å². The van der Waals surface area contributed by atoms with Crippen molar-refractivity contribution in [3.05, 3.63) is 51.0 Å². The Labute approximate surface area is 150 Å². The summed E-state index contributed by atoms with van der Waals surface area (Å²) in [6, 6.07) is 8.87. The lowest BCUT2D eigenvalue weighted by Gasteiger charge is -2.12. The van der Waals surface area contributed by atoms with E-state index in [1.54, 1.807) is 31.3 Å². The van der Waals surface area contributed by atoms with Crippen molar-refractivity contribution in [2.45, 2.75) is 26.2 Å². The van der Waals surface area contributed by atoms with Gasteiger partial charge in [-0.15, -0.1) is 0 Å². The summed E-state index contributed by atoms with van der Waals surface area (Å²) >= 11 is 5.26. The molecular formula is C17H20N4O3S. The van der Waals surface area contributed by atoms with Gasteiger partial charge in [0.1, 0.15) is 5.56 Å². The predicted molar refractivity (Wildman–Crippen MR) is 98.8 cm³/mol. The fraction of sp³-hybridized carbons (Fsp3) is 0.294. The molecule has 0 atom stereocenters. The third-order valence-electron chi connectivity index (χ3n) is 3.63. The number of hydrogen-bond acceptors (Lipinski definition) is 5. The molecule has 2 N–H and O–H groups in total. The molecule has 0 aliphatic rings. The summed E-state index contributed by atoms with van der Waals surface area (Å²) in [7, 11) is 1.55. The van der Waals surface area contributed by atoms with Crippen LogP contribution in [0.15, 0.2) is 40.2 Å². The van der Waals surface area contributed by atoms with E-state index in [1.165, 1.54) is 9.13 Å². The van der Waals surface area contributed by atoms with Crippen LogP contribution in [0, 0.1) is 4.77 Å². The zero-order valence-corrected chi connectivity index (χ0v) is 14.9. The molecule has 0 aliphatic heterocycles. The minimum atomic E-state index is -0.515. The Morgan fingerprint density at radius 2 is 2.04 bits per heavy atom. The Morgan fingerprint density at radius 3 is 2.68 bits per heavy atom.